The zero-order chi connectivity index (χ0) is 18.5. The van der Waals surface area contributed by atoms with Crippen LogP contribution in [0.25, 0.3) is 10.8 Å². The van der Waals surface area contributed by atoms with Crippen LogP contribution in [-0.4, -0.2) is 31.1 Å². The van der Waals surface area contributed by atoms with Crippen molar-refractivity contribution in [2.24, 2.45) is 0 Å². The molecular formula is C17H18N6O3. The maximum absolute atomic E-state index is 12.5. The first-order valence-corrected chi connectivity index (χ1v) is 8.15. The van der Waals surface area contributed by atoms with Crippen LogP contribution in [0, 0.1) is 0 Å². The molecule has 0 aliphatic carbocycles. The van der Waals surface area contributed by atoms with E-state index in [0.717, 1.165) is 0 Å². The van der Waals surface area contributed by atoms with Gasteiger partial charge in [0.2, 0.25) is 5.91 Å². The lowest BCUT2D eigenvalue weighted by Crippen LogP contribution is -2.43. The third kappa shape index (κ3) is 3.61. The highest BCUT2D eigenvalue weighted by atomic mass is 16.2. The third-order valence-electron chi connectivity index (χ3n) is 3.85. The maximum Gasteiger partial charge on any atom is 0.290 e. The molecule has 0 bridgehead atoms. The van der Waals surface area contributed by atoms with Crippen molar-refractivity contribution in [1.29, 1.82) is 0 Å². The van der Waals surface area contributed by atoms with Gasteiger partial charge in [0, 0.05) is 37.3 Å². The van der Waals surface area contributed by atoms with Crippen LogP contribution in [0.4, 0.5) is 0 Å². The van der Waals surface area contributed by atoms with Gasteiger partial charge >= 0.3 is 0 Å². The predicted molar refractivity (Wildman–Crippen MR) is 94.1 cm³/mol. The summed E-state index contributed by atoms with van der Waals surface area (Å²) in [5.74, 6) is -0.931. The number of nitrogens with zero attached hydrogens (tertiary/aromatic N) is 4. The number of hydrazine groups is 1. The summed E-state index contributed by atoms with van der Waals surface area (Å²) in [4.78, 5) is 40.5. The Balaban J connectivity index is 1.72. The molecule has 2 heterocycles. The highest BCUT2D eigenvalue weighted by Gasteiger charge is 2.16. The van der Waals surface area contributed by atoms with Crippen LogP contribution in [-0.2, 0) is 17.9 Å². The highest BCUT2D eigenvalue weighted by molar-refractivity contribution is 6.05. The molecule has 2 aromatic heterocycles. The number of amides is 2. The molecule has 0 spiro atoms. The Bertz CT molecular complexity index is 993. The first kappa shape index (κ1) is 17.3. The van der Waals surface area contributed by atoms with Crippen molar-refractivity contribution in [3.05, 3.63) is 59.0 Å². The van der Waals surface area contributed by atoms with E-state index in [9.17, 15) is 14.4 Å². The zero-order valence-corrected chi connectivity index (χ0v) is 14.2. The van der Waals surface area contributed by atoms with Crippen LogP contribution in [0.2, 0.25) is 0 Å². The molecule has 9 heteroatoms. The second-order valence-corrected chi connectivity index (χ2v) is 5.57. The first-order chi connectivity index (χ1) is 12.6. The Hall–Kier alpha value is -3.49. The lowest BCUT2D eigenvalue weighted by atomic mass is 10.1. The number of hydrogen-bond acceptors (Lipinski definition) is 5. The van der Waals surface area contributed by atoms with Crippen LogP contribution in [0.5, 0.6) is 0 Å². The van der Waals surface area contributed by atoms with Gasteiger partial charge in [-0.3, -0.25) is 25.2 Å². The summed E-state index contributed by atoms with van der Waals surface area (Å²) in [6.07, 6.45) is 5.16. The standard InChI is InChI=1S/C17H18N6O3/c1-2-23-17(26)13-6-4-3-5-12(13)15(21-23)16(25)20-19-14(24)7-9-22-10-8-18-11-22/h3-6,8,10-11H,2,7,9H2,1H3,(H,19,24)(H,20,25). The minimum Gasteiger partial charge on any atom is -0.337 e. The van der Waals surface area contributed by atoms with Crippen molar-refractivity contribution in [3.8, 4) is 0 Å². The molecule has 0 fully saturated rings. The summed E-state index contributed by atoms with van der Waals surface area (Å²) in [6, 6.07) is 6.75. The number of hydrogen-bond donors (Lipinski definition) is 2. The monoisotopic (exact) mass is 354 g/mol. The molecule has 9 nitrogen and oxygen atoms in total. The fourth-order valence-electron chi connectivity index (χ4n) is 2.52. The minimum atomic E-state index is -0.584. The SMILES string of the molecule is CCn1nc(C(=O)NNC(=O)CCn2ccnc2)c2ccccc2c1=O. The minimum absolute atomic E-state index is 0.0805. The number of imidazole rings is 1. The Morgan fingerprint density at radius 2 is 1.92 bits per heavy atom. The average Bonchev–Trinajstić information content (AvgIpc) is 3.18. The molecule has 0 unspecified atom stereocenters. The van der Waals surface area contributed by atoms with Gasteiger partial charge in [-0.15, -0.1) is 0 Å². The van der Waals surface area contributed by atoms with E-state index in [1.807, 2.05) is 0 Å². The van der Waals surface area contributed by atoms with Gasteiger partial charge in [0.15, 0.2) is 5.69 Å². The van der Waals surface area contributed by atoms with E-state index in [1.165, 1.54) is 4.68 Å². The van der Waals surface area contributed by atoms with Crippen LogP contribution >= 0.6 is 0 Å². The van der Waals surface area contributed by atoms with Crippen LogP contribution < -0.4 is 16.4 Å². The second-order valence-electron chi connectivity index (χ2n) is 5.57. The number of aryl methyl sites for hydroxylation is 2. The number of rotatable bonds is 5. The Labute approximate surface area is 148 Å². The number of carbonyl (C=O) groups excluding carboxylic acids is 2. The number of benzene rings is 1. The molecule has 2 N–H and O–H groups in total. The quantitative estimate of drug-likeness (QED) is 0.647. The fraction of sp³-hybridized carbons (Fsp3) is 0.235. The fourth-order valence-corrected chi connectivity index (χ4v) is 2.52. The smallest absolute Gasteiger partial charge is 0.290 e. The summed E-state index contributed by atoms with van der Waals surface area (Å²) in [7, 11) is 0. The van der Waals surface area contributed by atoms with E-state index in [0.29, 0.717) is 23.9 Å². The van der Waals surface area contributed by atoms with E-state index >= 15 is 0 Å². The lowest BCUT2D eigenvalue weighted by Gasteiger charge is -2.11. The number of carbonyl (C=O) groups is 2. The molecule has 3 rings (SSSR count). The van der Waals surface area contributed by atoms with Crippen LogP contribution in [0.15, 0.2) is 47.8 Å². The van der Waals surface area contributed by atoms with Gasteiger partial charge in [-0.05, 0) is 13.0 Å². The van der Waals surface area contributed by atoms with E-state index in [4.69, 9.17) is 0 Å². The van der Waals surface area contributed by atoms with Crippen LogP contribution in [0.1, 0.15) is 23.8 Å². The number of fused-ring (bicyclic) bond motifs is 1. The van der Waals surface area contributed by atoms with E-state index in [1.54, 1.807) is 54.5 Å². The summed E-state index contributed by atoms with van der Waals surface area (Å²) in [6.45, 7) is 2.55. The van der Waals surface area contributed by atoms with Gasteiger partial charge in [-0.1, -0.05) is 18.2 Å². The summed E-state index contributed by atoms with van der Waals surface area (Å²) in [5, 5.41) is 4.95. The van der Waals surface area contributed by atoms with Gasteiger partial charge in [-0.25, -0.2) is 9.67 Å². The largest absolute Gasteiger partial charge is 0.337 e. The predicted octanol–water partition coefficient (Wildman–Crippen LogP) is 0.464. The van der Waals surface area contributed by atoms with Crippen molar-refractivity contribution in [1.82, 2.24) is 30.2 Å². The van der Waals surface area contributed by atoms with Crippen molar-refractivity contribution in [2.45, 2.75) is 26.4 Å². The Morgan fingerprint density at radius 1 is 1.15 bits per heavy atom. The molecule has 1 aromatic carbocycles. The van der Waals surface area contributed by atoms with Gasteiger partial charge in [0.05, 0.1) is 11.7 Å². The van der Waals surface area contributed by atoms with Crippen LogP contribution in [0.3, 0.4) is 0 Å². The summed E-state index contributed by atoms with van der Waals surface area (Å²) < 4.78 is 2.98. The topological polar surface area (TPSA) is 111 Å². The molecule has 2 amide bonds. The molecular weight excluding hydrogens is 336 g/mol. The Morgan fingerprint density at radius 3 is 2.62 bits per heavy atom. The molecule has 26 heavy (non-hydrogen) atoms. The number of nitrogens with one attached hydrogen (secondary N) is 2. The van der Waals surface area contributed by atoms with Crippen molar-refractivity contribution >= 4 is 22.6 Å². The van der Waals surface area contributed by atoms with Gasteiger partial charge < -0.3 is 4.57 Å². The molecule has 0 saturated carbocycles. The highest BCUT2D eigenvalue weighted by Crippen LogP contribution is 2.12. The van der Waals surface area contributed by atoms with Crippen molar-refractivity contribution in [2.75, 3.05) is 0 Å². The normalized spacial score (nSPS) is 10.7. The summed E-state index contributed by atoms with van der Waals surface area (Å²) >= 11 is 0. The van der Waals surface area contributed by atoms with Gasteiger partial charge in [-0.2, -0.15) is 5.10 Å². The molecule has 0 saturated heterocycles. The molecule has 3 aromatic rings. The molecule has 0 aliphatic rings. The van der Waals surface area contributed by atoms with Gasteiger partial charge in [0.25, 0.3) is 11.5 Å². The zero-order valence-electron chi connectivity index (χ0n) is 14.2. The molecule has 134 valence electrons. The number of aromatic nitrogens is 4. The van der Waals surface area contributed by atoms with E-state index in [2.05, 4.69) is 20.9 Å². The van der Waals surface area contributed by atoms with E-state index in [-0.39, 0.29) is 23.6 Å². The maximum atomic E-state index is 12.5. The molecule has 0 aliphatic heterocycles. The van der Waals surface area contributed by atoms with Crippen molar-refractivity contribution < 1.29 is 9.59 Å². The molecule has 0 atom stereocenters. The lowest BCUT2D eigenvalue weighted by molar-refractivity contribution is -0.122. The summed E-state index contributed by atoms with van der Waals surface area (Å²) in [5.41, 5.74) is 4.53. The van der Waals surface area contributed by atoms with Gasteiger partial charge in [0.1, 0.15) is 0 Å². The van der Waals surface area contributed by atoms with E-state index < -0.39 is 5.91 Å². The van der Waals surface area contributed by atoms with Crippen molar-refractivity contribution in [3.63, 3.8) is 0 Å². The average molecular weight is 354 g/mol. The Kier molecular flexibility index (Phi) is 5.07. The second kappa shape index (κ2) is 7.60. The first-order valence-electron chi connectivity index (χ1n) is 8.15. The third-order valence-corrected chi connectivity index (χ3v) is 3.85. The molecule has 0 radical (unpaired) electrons.